The van der Waals surface area contributed by atoms with Crippen molar-refractivity contribution < 1.29 is 8.76 Å². The molecule has 1 aromatic rings. The van der Waals surface area contributed by atoms with Crippen molar-refractivity contribution in [1.82, 2.24) is 0 Å². The number of benzene rings is 1. The van der Waals surface area contributed by atoms with Crippen molar-refractivity contribution in [2.24, 2.45) is 0 Å². The number of hydrogen-bond donors (Lipinski definition) is 1. The number of hydrogen-bond acceptors (Lipinski definition) is 3. The molecular formula is C9H12NO2S-. The van der Waals surface area contributed by atoms with E-state index in [2.05, 4.69) is 12.2 Å². The molecule has 0 saturated heterocycles. The summed E-state index contributed by atoms with van der Waals surface area (Å²) in [5, 5.41) is 2.78. The van der Waals surface area contributed by atoms with Gasteiger partial charge in [-0.1, -0.05) is 19.1 Å². The lowest BCUT2D eigenvalue weighted by atomic mass is 10.1. The van der Waals surface area contributed by atoms with Crippen LogP contribution in [0.4, 0.5) is 5.69 Å². The minimum Gasteiger partial charge on any atom is -0.771 e. The highest BCUT2D eigenvalue weighted by Gasteiger charge is 1.91. The zero-order valence-corrected chi connectivity index (χ0v) is 8.26. The Morgan fingerprint density at radius 1 is 1.38 bits per heavy atom. The normalized spacial score (nSPS) is 12.5. The van der Waals surface area contributed by atoms with Crippen LogP contribution in [0.5, 0.6) is 0 Å². The summed E-state index contributed by atoms with van der Waals surface area (Å²) in [6.07, 6.45) is 0.994. The quantitative estimate of drug-likeness (QED) is 0.746. The third-order valence-electron chi connectivity index (χ3n) is 1.76. The standard InChI is InChI=1S/C9H13NO2S/c1-2-8-3-5-9(6-4-8)10-7-13(11)12/h3-6,10H,2,7H2,1H3,(H,11,12)/p-1. The van der Waals surface area contributed by atoms with Gasteiger partial charge in [0.2, 0.25) is 0 Å². The van der Waals surface area contributed by atoms with E-state index < -0.39 is 11.1 Å². The van der Waals surface area contributed by atoms with Crippen LogP contribution in [-0.4, -0.2) is 14.6 Å². The fourth-order valence-electron chi connectivity index (χ4n) is 1.00. The average molecular weight is 198 g/mol. The van der Waals surface area contributed by atoms with Crippen molar-refractivity contribution in [3.63, 3.8) is 0 Å². The Hall–Kier alpha value is -0.870. The van der Waals surface area contributed by atoms with Crippen molar-refractivity contribution >= 4 is 16.8 Å². The van der Waals surface area contributed by atoms with Gasteiger partial charge in [0.05, 0.1) is 5.88 Å². The largest absolute Gasteiger partial charge is 0.771 e. The van der Waals surface area contributed by atoms with Gasteiger partial charge in [-0.05, 0) is 35.2 Å². The maximum atomic E-state index is 10.2. The first-order valence-electron chi connectivity index (χ1n) is 4.11. The molecule has 0 fully saturated rings. The van der Waals surface area contributed by atoms with Crippen LogP contribution in [0.1, 0.15) is 12.5 Å². The topological polar surface area (TPSA) is 52.2 Å². The molecule has 0 amide bonds. The van der Waals surface area contributed by atoms with Gasteiger partial charge >= 0.3 is 0 Å². The highest BCUT2D eigenvalue weighted by Crippen LogP contribution is 2.09. The van der Waals surface area contributed by atoms with Gasteiger partial charge in [-0.15, -0.1) is 0 Å². The Kier molecular flexibility index (Phi) is 3.92. The van der Waals surface area contributed by atoms with Gasteiger partial charge in [0.25, 0.3) is 0 Å². The third-order valence-corrected chi connectivity index (χ3v) is 2.14. The van der Waals surface area contributed by atoms with Crippen LogP contribution in [0.2, 0.25) is 0 Å². The summed E-state index contributed by atoms with van der Waals surface area (Å²) < 4.78 is 20.5. The van der Waals surface area contributed by atoms with Gasteiger partial charge in [-0.3, -0.25) is 4.21 Å². The van der Waals surface area contributed by atoms with Crippen molar-refractivity contribution in [3.05, 3.63) is 29.8 Å². The lowest BCUT2D eigenvalue weighted by Gasteiger charge is -2.08. The summed E-state index contributed by atoms with van der Waals surface area (Å²) in [6, 6.07) is 7.73. The molecule has 0 spiro atoms. The van der Waals surface area contributed by atoms with Crippen molar-refractivity contribution in [3.8, 4) is 0 Å². The van der Waals surface area contributed by atoms with Crippen LogP contribution >= 0.6 is 0 Å². The maximum absolute atomic E-state index is 10.2. The fourth-order valence-corrected chi connectivity index (χ4v) is 1.29. The summed E-state index contributed by atoms with van der Waals surface area (Å²) in [5.41, 5.74) is 2.08. The summed E-state index contributed by atoms with van der Waals surface area (Å²) in [4.78, 5) is 0. The van der Waals surface area contributed by atoms with Gasteiger partial charge in [0.15, 0.2) is 0 Å². The van der Waals surface area contributed by atoms with E-state index in [0.29, 0.717) is 0 Å². The monoisotopic (exact) mass is 198 g/mol. The second-order valence-corrected chi connectivity index (χ2v) is 3.57. The highest BCUT2D eigenvalue weighted by atomic mass is 32.2. The number of nitrogens with one attached hydrogen (secondary N) is 1. The Bertz CT molecular complexity index is 284. The third kappa shape index (κ3) is 3.57. The van der Waals surface area contributed by atoms with Crippen LogP contribution in [0.25, 0.3) is 0 Å². The molecule has 0 aliphatic rings. The SMILES string of the molecule is CCc1ccc(NCS(=O)[O-])cc1. The minimum absolute atomic E-state index is 0.0362. The first kappa shape index (κ1) is 10.2. The van der Waals surface area contributed by atoms with E-state index in [-0.39, 0.29) is 5.88 Å². The Morgan fingerprint density at radius 2 is 2.00 bits per heavy atom. The minimum atomic E-state index is -2.03. The molecule has 0 aliphatic carbocycles. The zero-order valence-electron chi connectivity index (χ0n) is 7.45. The predicted octanol–water partition coefficient (Wildman–Crippen LogP) is 1.50. The smallest absolute Gasteiger partial charge is 0.0777 e. The van der Waals surface area contributed by atoms with Gasteiger partial charge < -0.3 is 9.87 Å². The summed E-state index contributed by atoms with van der Waals surface area (Å²) in [6.45, 7) is 2.08. The number of rotatable bonds is 4. The van der Waals surface area contributed by atoms with Crippen molar-refractivity contribution in [1.29, 1.82) is 0 Å². The molecule has 0 aliphatic heterocycles. The van der Waals surface area contributed by atoms with Crippen LogP contribution in [0, 0.1) is 0 Å². The predicted molar refractivity (Wildman–Crippen MR) is 53.2 cm³/mol. The molecule has 1 rings (SSSR count). The van der Waals surface area contributed by atoms with Crippen LogP contribution in [-0.2, 0) is 17.5 Å². The van der Waals surface area contributed by atoms with Gasteiger partial charge in [-0.25, -0.2) is 0 Å². The molecule has 3 nitrogen and oxygen atoms in total. The molecule has 0 bridgehead atoms. The molecule has 4 heteroatoms. The first-order valence-corrected chi connectivity index (χ1v) is 5.35. The molecule has 13 heavy (non-hydrogen) atoms. The zero-order chi connectivity index (χ0) is 9.68. The van der Waals surface area contributed by atoms with E-state index in [0.717, 1.165) is 12.1 Å². The van der Waals surface area contributed by atoms with E-state index in [1.165, 1.54) is 5.56 Å². The summed E-state index contributed by atoms with van der Waals surface area (Å²) in [5.74, 6) is -0.0362. The molecular weight excluding hydrogens is 186 g/mol. The van der Waals surface area contributed by atoms with Crippen LogP contribution < -0.4 is 5.32 Å². The molecule has 0 radical (unpaired) electrons. The van der Waals surface area contributed by atoms with Crippen molar-refractivity contribution in [2.45, 2.75) is 13.3 Å². The average Bonchev–Trinajstić information content (AvgIpc) is 2.15. The van der Waals surface area contributed by atoms with Crippen LogP contribution in [0.3, 0.4) is 0 Å². The van der Waals surface area contributed by atoms with Gasteiger partial charge in [0.1, 0.15) is 0 Å². The number of anilines is 1. The molecule has 1 aromatic carbocycles. The second-order valence-electron chi connectivity index (χ2n) is 2.68. The van der Waals surface area contributed by atoms with E-state index in [4.69, 9.17) is 0 Å². The van der Waals surface area contributed by atoms with E-state index >= 15 is 0 Å². The van der Waals surface area contributed by atoms with E-state index in [1.807, 2.05) is 24.3 Å². The fraction of sp³-hybridized carbons (Fsp3) is 0.333. The van der Waals surface area contributed by atoms with Gasteiger partial charge in [0, 0.05) is 5.69 Å². The molecule has 0 heterocycles. The Balaban J connectivity index is 2.54. The molecule has 0 saturated carbocycles. The molecule has 1 atom stereocenters. The Labute approximate surface area is 80.5 Å². The molecule has 72 valence electrons. The van der Waals surface area contributed by atoms with Crippen molar-refractivity contribution in [2.75, 3.05) is 11.2 Å². The second kappa shape index (κ2) is 4.99. The van der Waals surface area contributed by atoms with E-state index in [9.17, 15) is 8.76 Å². The molecule has 1 N–H and O–H groups in total. The first-order chi connectivity index (χ1) is 6.22. The summed E-state index contributed by atoms with van der Waals surface area (Å²) >= 11 is -2.03. The molecule has 1 unspecified atom stereocenters. The lowest BCUT2D eigenvalue weighted by molar-refractivity contribution is 0.539. The summed E-state index contributed by atoms with van der Waals surface area (Å²) in [7, 11) is 0. The van der Waals surface area contributed by atoms with Gasteiger partial charge in [-0.2, -0.15) is 0 Å². The highest BCUT2D eigenvalue weighted by molar-refractivity contribution is 7.79. The van der Waals surface area contributed by atoms with E-state index in [1.54, 1.807) is 0 Å². The van der Waals surface area contributed by atoms with Crippen LogP contribution in [0.15, 0.2) is 24.3 Å². The number of aryl methyl sites for hydroxylation is 1. The lowest BCUT2D eigenvalue weighted by Crippen LogP contribution is -2.06. The molecule has 0 aromatic heterocycles. The Morgan fingerprint density at radius 3 is 2.46 bits per heavy atom. The maximum Gasteiger partial charge on any atom is 0.0777 e.